The number of carbonyl (C=O) groups excluding carboxylic acids is 1. The number of fused-ring (bicyclic) bond motifs is 2. The monoisotopic (exact) mass is 344 g/mol. The summed E-state index contributed by atoms with van der Waals surface area (Å²) in [7, 11) is 0. The van der Waals surface area contributed by atoms with Gasteiger partial charge in [-0.2, -0.15) is 0 Å². The lowest BCUT2D eigenvalue weighted by atomic mass is 9.95. The minimum absolute atomic E-state index is 0.0160. The molecule has 0 saturated carbocycles. The molecule has 2 aliphatic rings. The predicted molar refractivity (Wildman–Crippen MR) is 93.7 cm³/mol. The Bertz CT molecular complexity index is 894. The van der Waals surface area contributed by atoms with Crippen molar-refractivity contribution in [2.75, 3.05) is 6.61 Å². The Morgan fingerprint density at radius 2 is 2.33 bits per heavy atom. The third-order valence-electron chi connectivity index (χ3n) is 4.92. The van der Waals surface area contributed by atoms with E-state index in [1.54, 1.807) is 4.57 Å². The Labute approximate surface area is 144 Å². The molecule has 1 aliphatic carbocycles. The van der Waals surface area contributed by atoms with Gasteiger partial charge in [0, 0.05) is 13.0 Å². The summed E-state index contributed by atoms with van der Waals surface area (Å²) < 4.78 is 7.26. The van der Waals surface area contributed by atoms with Gasteiger partial charge in [-0.05, 0) is 44.1 Å². The van der Waals surface area contributed by atoms with Crippen LogP contribution in [0.3, 0.4) is 0 Å². The van der Waals surface area contributed by atoms with Gasteiger partial charge in [0.2, 0.25) is 0 Å². The maximum Gasteiger partial charge on any atom is 0.348 e. The molecule has 2 aromatic heterocycles. The van der Waals surface area contributed by atoms with E-state index in [-0.39, 0.29) is 11.5 Å². The van der Waals surface area contributed by atoms with Crippen molar-refractivity contribution in [3.8, 4) is 0 Å². The first kappa shape index (κ1) is 15.6. The van der Waals surface area contributed by atoms with E-state index in [1.807, 2.05) is 6.92 Å². The van der Waals surface area contributed by atoms with E-state index >= 15 is 0 Å². The second-order valence-corrected chi connectivity index (χ2v) is 7.57. The average molecular weight is 344 g/mol. The van der Waals surface area contributed by atoms with Gasteiger partial charge in [0.25, 0.3) is 5.56 Å². The molecule has 2 aromatic rings. The van der Waals surface area contributed by atoms with Crippen molar-refractivity contribution >= 4 is 27.5 Å². The number of rotatable bonds is 3. The Morgan fingerprint density at radius 3 is 3.12 bits per heavy atom. The molecule has 1 atom stereocenters. The van der Waals surface area contributed by atoms with Crippen molar-refractivity contribution in [3.05, 3.63) is 38.8 Å². The molecule has 3 heterocycles. The number of ether oxygens (including phenoxy) is 1. The lowest BCUT2D eigenvalue weighted by Gasteiger charge is -2.17. The summed E-state index contributed by atoms with van der Waals surface area (Å²) in [6.07, 6.45) is 9.20. The summed E-state index contributed by atoms with van der Waals surface area (Å²) in [5.41, 5.74) is 0.695. The molecule has 0 N–H and O–H groups in total. The first-order valence-corrected chi connectivity index (χ1v) is 9.31. The van der Waals surface area contributed by atoms with Crippen molar-refractivity contribution in [2.45, 2.75) is 45.6 Å². The van der Waals surface area contributed by atoms with Crippen LogP contribution in [0.5, 0.6) is 0 Å². The van der Waals surface area contributed by atoms with Crippen LogP contribution in [0.1, 0.15) is 46.7 Å². The maximum absolute atomic E-state index is 12.7. The SMILES string of the molecule is Cc1c(C(=O)OC[C@H]2CC=CCC2)sc2nc3n(c(=O)c12)CCC3. The number of esters is 1. The predicted octanol–water partition coefficient (Wildman–Crippen LogP) is 3.23. The molecule has 0 saturated heterocycles. The van der Waals surface area contributed by atoms with Crippen LogP contribution in [0.25, 0.3) is 10.2 Å². The van der Waals surface area contributed by atoms with Crippen LogP contribution in [-0.4, -0.2) is 22.1 Å². The van der Waals surface area contributed by atoms with Gasteiger partial charge in [-0.25, -0.2) is 9.78 Å². The summed E-state index contributed by atoms with van der Waals surface area (Å²) in [6, 6.07) is 0. The number of hydrogen-bond donors (Lipinski definition) is 0. The van der Waals surface area contributed by atoms with E-state index in [0.717, 1.165) is 44.5 Å². The second kappa shape index (κ2) is 6.16. The van der Waals surface area contributed by atoms with Crippen LogP contribution in [0, 0.1) is 12.8 Å². The molecule has 1 aliphatic heterocycles. The van der Waals surface area contributed by atoms with Crippen LogP contribution < -0.4 is 5.56 Å². The van der Waals surface area contributed by atoms with Crippen molar-refractivity contribution in [1.29, 1.82) is 0 Å². The zero-order valence-electron chi connectivity index (χ0n) is 13.7. The number of carbonyl (C=O) groups is 1. The largest absolute Gasteiger partial charge is 0.461 e. The van der Waals surface area contributed by atoms with Gasteiger partial charge in [0.1, 0.15) is 15.5 Å². The third-order valence-corrected chi connectivity index (χ3v) is 6.09. The van der Waals surface area contributed by atoms with E-state index in [4.69, 9.17) is 4.74 Å². The van der Waals surface area contributed by atoms with Crippen molar-refractivity contribution in [3.63, 3.8) is 0 Å². The molecule has 0 amide bonds. The highest BCUT2D eigenvalue weighted by Gasteiger charge is 2.24. The quantitative estimate of drug-likeness (QED) is 0.633. The van der Waals surface area contributed by atoms with Crippen LogP contribution in [-0.2, 0) is 17.7 Å². The number of aryl methyl sites for hydroxylation is 2. The summed E-state index contributed by atoms with van der Waals surface area (Å²) in [4.78, 5) is 30.9. The Hall–Kier alpha value is -1.95. The van der Waals surface area contributed by atoms with Gasteiger partial charge in [-0.3, -0.25) is 9.36 Å². The summed E-state index contributed by atoms with van der Waals surface area (Å²) >= 11 is 1.29. The normalized spacial score (nSPS) is 19.6. The number of nitrogens with zero attached hydrogens (tertiary/aromatic N) is 2. The summed E-state index contributed by atoms with van der Waals surface area (Å²) in [6.45, 7) is 2.99. The third kappa shape index (κ3) is 2.59. The van der Waals surface area contributed by atoms with Crippen LogP contribution in [0.15, 0.2) is 16.9 Å². The zero-order chi connectivity index (χ0) is 16.7. The van der Waals surface area contributed by atoms with Gasteiger partial charge in [-0.1, -0.05) is 12.2 Å². The average Bonchev–Trinajstić information content (AvgIpc) is 3.19. The van der Waals surface area contributed by atoms with Crippen molar-refractivity contribution < 1.29 is 9.53 Å². The van der Waals surface area contributed by atoms with E-state index in [1.165, 1.54) is 11.3 Å². The first-order valence-electron chi connectivity index (χ1n) is 8.50. The van der Waals surface area contributed by atoms with Gasteiger partial charge >= 0.3 is 5.97 Å². The zero-order valence-corrected chi connectivity index (χ0v) is 14.5. The van der Waals surface area contributed by atoms with Crippen LogP contribution >= 0.6 is 11.3 Å². The lowest BCUT2D eigenvalue weighted by molar-refractivity contribution is 0.0437. The molecule has 0 radical (unpaired) electrons. The summed E-state index contributed by atoms with van der Waals surface area (Å²) in [5, 5.41) is 0.582. The van der Waals surface area contributed by atoms with E-state index in [9.17, 15) is 9.59 Å². The highest BCUT2D eigenvalue weighted by atomic mass is 32.1. The molecule has 0 unspecified atom stereocenters. The fourth-order valence-electron chi connectivity index (χ4n) is 3.54. The molecule has 6 heteroatoms. The van der Waals surface area contributed by atoms with Gasteiger partial charge in [-0.15, -0.1) is 11.3 Å². The Kier molecular flexibility index (Phi) is 4.00. The maximum atomic E-state index is 12.7. The molecule has 24 heavy (non-hydrogen) atoms. The highest BCUT2D eigenvalue weighted by molar-refractivity contribution is 7.20. The number of thiophene rings is 1. The highest BCUT2D eigenvalue weighted by Crippen LogP contribution is 2.29. The second-order valence-electron chi connectivity index (χ2n) is 6.57. The Balaban J connectivity index is 1.61. The van der Waals surface area contributed by atoms with Crippen LogP contribution in [0.4, 0.5) is 0 Å². The standard InChI is InChI=1S/C18H20N2O3S/c1-11-14-16(19-13-8-5-9-20(13)17(14)21)24-15(11)18(22)23-10-12-6-3-2-4-7-12/h2-3,12H,4-10H2,1H3/t12-/m0/s1. The molecule has 0 aromatic carbocycles. The van der Waals surface area contributed by atoms with Gasteiger partial charge < -0.3 is 4.74 Å². The van der Waals surface area contributed by atoms with E-state index in [2.05, 4.69) is 17.1 Å². The van der Waals surface area contributed by atoms with E-state index in [0.29, 0.717) is 33.2 Å². The Morgan fingerprint density at radius 1 is 1.46 bits per heavy atom. The molecule has 0 bridgehead atoms. The molecule has 0 spiro atoms. The molecule has 0 fully saturated rings. The fraction of sp³-hybridized carbons (Fsp3) is 0.500. The fourth-order valence-corrected chi connectivity index (χ4v) is 4.62. The molecule has 126 valence electrons. The number of aromatic nitrogens is 2. The minimum Gasteiger partial charge on any atom is -0.461 e. The van der Waals surface area contributed by atoms with Crippen molar-refractivity contribution in [2.24, 2.45) is 5.92 Å². The van der Waals surface area contributed by atoms with Crippen LogP contribution in [0.2, 0.25) is 0 Å². The molecule has 4 rings (SSSR count). The summed E-state index contributed by atoms with van der Waals surface area (Å²) in [5.74, 6) is 0.915. The van der Waals surface area contributed by atoms with E-state index < -0.39 is 0 Å². The van der Waals surface area contributed by atoms with Gasteiger partial charge in [0.05, 0.1) is 12.0 Å². The molecular weight excluding hydrogens is 324 g/mol. The molecular formula is C18H20N2O3S. The van der Waals surface area contributed by atoms with Gasteiger partial charge in [0.15, 0.2) is 0 Å². The number of hydrogen-bond acceptors (Lipinski definition) is 5. The lowest BCUT2D eigenvalue weighted by Crippen LogP contribution is -2.20. The van der Waals surface area contributed by atoms with Crippen molar-refractivity contribution in [1.82, 2.24) is 9.55 Å². The first-order chi connectivity index (χ1) is 11.6. The smallest absolute Gasteiger partial charge is 0.348 e. The topological polar surface area (TPSA) is 61.2 Å². The number of allylic oxidation sites excluding steroid dienone is 2. The molecule has 5 nitrogen and oxygen atoms in total. The minimum atomic E-state index is -0.324.